The number of nitrogens with zero attached hydrogens (tertiary/aromatic N) is 2. The predicted octanol–water partition coefficient (Wildman–Crippen LogP) is 0.443. The number of esters is 1. The maximum atomic E-state index is 11.3. The number of amides is 1. The van der Waals surface area contributed by atoms with Crippen molar-refractivity contribution in [3.63, 3.8) is 0 Å². The fourth-order valence-corrected chi connectivity index (χ4v) is 1.56. The van der Waals surface area contributed by atoms with Crippen molar-refractivity contribution in [1.82, 2.24) is 4.90 Å². The molecule has 0 bridgehead atoms. The first-order valence-corrected chi connectivity index (χ1v) is 4.66. The molecule has 0 aliphatic carbocycles. The zero-order chi connectivity index (χ0) is 11.3. The van der Waals surface area contributed by atoms with E-state index in [1.807, 2.05) is 0 Å². The van der Waals surface area contributed by atoms with Crippen molar-refractivity contribution in [1.29, 1.82) is 5.26 Å². The second kappa shape index (κ2) is 5.20. The standard InChI is InChI=1S/C9H12N2O4/c10-3-5-15-8(12)7-2-1-4-11(6-7)9(13)14/h7H,1-2,4-6H2,(H,13,14). The van der Waals surface area contributed by atoms with E-state index in [2.05, 4.69) is 4.74 Å². The van der Waals surface area contributed by atoms with Gasteiger partial charge in [-0.15, -0.1) is 0 Å². The second-order valence-electron chi connectivity index (χ2n) is 3.33. The molecule has 1 amide bonds. The van der Waals surface area contributed by atoms with Gasteiger partial charge in [0.25, 0.3) is 0 Å². The summed E-state index contributed by atoms with van der Waals surface area (Å²) in [5, 5.41) is 17.0. The normalized spacial score (nSPS) is 20.5. The van der Waals surface area contributed by atoms with Gasteiger partial charge in [-0.1, -0.05) is 0 Å². The molecule has 1 saturated heterocycles. The van der Waals surface area contributed by atoms with Crippen LogP contribution in [0.3, 0.4) is 0 Å². The van der Waals surface area contributed by atoms with Crippen molar-refractivity contribution in [2.24, 2.45) is 5.92 Å². The van der Waals surface area contributed by atoms with Crippen LogP contribution in [0.2, 0.25) is 0 Å². The molecule has 15 heavy (non-hydrogen) atoms. The Labute approximate surface area is 87.0 Å². The molecule has 1 N–H and O–H groups in total. The van der Waals surface area contributed by atoms with Crippen LogP contribution in [0.4, 0.5) is 4.79 Å². The van der Waals surface area contributed by atoms with E-state index < -0.39 is 18.0 Å². The summed E-state index contributed by atoms with van der Waals surface area (Å²) in [5.41, 5.74) is 0. The lowest BCUT2D eigenvalue weighted by atomic mass is 9.99. The molecule has 6 nitrogen and oxygen atoms in total. The number of ether oxygens (including phenoxy) is 1. The smallest absolute Gasteiger partial charge is 0.407 e. The molecule has 1 fully saturated rings. The Balaban J connectivity index is 2.45. The Morgan fingerprint density at radius 1 is 1.60 bits per heavy atom. The number of piperidine rings is 1. The molecule has 1 aliphatic rings. The van der Waals surface area contributed by atoms with E-state index in [0.717, 1.165) is 0 Å². The Bertz CT molecular complexity index is 297. The van der Waals surface area contributed by atoms with E-state index in [-0.39, 0.29) is 13.2 Å². The highest BCUT2D eigenvalue weighted by Crippen LogP contribution is 2.17. The van der Waals surface area contributed by atoms with Crippen LogP contribution >= 0.6 is 0 Å². The van der Waals surface area contributed by atoms with Crippen LogP contribution in [0.25, 0.3) is 0 Å². The number of likely N-dealkylation sites (tertiary alicyclic amines) is 1. The quantitative estimate of drug-likeness (QED) is 0.671. The van der Waals surface area contributed by atoms with E-state index in [4.69, 9.17) is 10.4 Å². The molecule has 1 rings (SSSR count). The summed E-state index contributed by atoms with van der Waals surface area (Å²) < 4.78 is 4.64. The van der Waals surface area contributed by atoms with Crippen LogP contribution in [0.1, 0.15) is 12.8 Å². The first kappa shape index (κ1) is 11.3. The fraction of sp³-hybridized carbons (Fsp3) is 0.667. The molecule has 0 spiro atoms. The molecule has 1 atom stereocenters. The molecule has 0 saturated carbocycles. The summed E-state index contributed by atoms with van der Waals surface area (Å²) in [7, 11) is 0. The Morgan fingerprint density at radius 2 is 2.33 bits per heavy atom. The number of carbonyl (C=O) groups is 2. The number of hydrogen-bond acceptors (Lipinski definition) is 4. The molecule has 0 radical (unpaired) electrons. The Morgan fingerprint density at radius 3 is 2.93 bits per heavy atom. The summed E-state index contributed by atoms with van der Waals surface area (Å²) in [6, 6.07) is 1.70. The lowest BCUT2D eigenvalue weighted by Crippen LogP contribution is -2.42. The van der Waals surface area contributed by atoms with Gasteiger partial charge in [0.05, 0.1) is 5.92 Å². The summed E-state index contributed by atoms with van der Waals surface area (Å²) >= 11 is 0. The van der Waals surface area contributed by atoms with Crippen molar-refractivity contribution in [3.05, 3.63) is 0 Å². The van der Waals surface area contributed by atoms with Crippen molar-refractivity contribution in [3.8, 4) is 6.07 Å². The van der Waals surface area contributed by atoms with E-state index in [1.54, 1.807) is 6.07 Å². The van der Waals surface area contributed by atoms with Crippen molar-refractivity contribution in [2.75, 3.05) is 19.7 Å². The molecule has 1 heterocycles. The van der Waals surface area contributed by atoms with Crippen LogP contribution in [0.15, 0.2) is 0 Å². The van der Waals surface area contributed by atoms with E-state index in [1.165, 1.54) is 4.90 Å². The highest BCUT2D eigenvalue weighted by molar-refractivity contribution is 5.74. The maximum absolute atomic E-state index is 11.3. The first-order chi connectivity index (χ1) is 7.15. The number of carboxylic acid groups (broad SMARTS) is 1. The van der Waals surface area contributed by atoms with Gasteiger partial charge < -0.3 is 14.7 Å². The zero-order valence-electron chi connectivity index (χ0n) is 8.18. The molecule has 82 valence electrons. The zero-order valence-corrected chi connectivity index (χ0v) is 8.18. The van der Waals surface area contributed by atoms with Gasteiger partial charge in [-0.25, -0.2) is 4.79 Å². The third kappa shape index (κ3) is 3.13. The monoisotopic (exact) mass is 212 g/mol. The van der Waals surface area contributed by atoms with E-state index in [0.29, 0.717) is 19.4 Å². The number of nitriles is 1. The van der Waals surface area contributed by atoms with Crippen LogP contribution in [0, 0.1) is 17.2 Å². The minimum atomic E-state index is -1.02. The number of carbonyl (C=O) groups excluding carboxylic acids is 1. The fourth-order valence-electron chi connectivity index (χ4n) is 1.56. The van der Waals surface area contributed by atoms with Gasteiger partial charge in [0, 0.05) is 13.1 Å². The molecule has 1 aliphatic heterocycles. The van der Waals surface area contributed by atoms with Crippen molar-refractivity contribution >= 4 is 12.1 Å². The molecule has 6 heteroatoms. The lowest BCUT2D eigenvalue weighted by molar-refractivity contribution is -0.148. The van der Waals surface area contributed by atoms with Gasteiger partial charge in [0.2, 0.25) is 0 Å². The van der Waals surface area contributed by atoms with Gasteiger partial charge in [-0.05, 0) is 12.8 Å². The highest BCUT2D eigenvalue weighted by Gasteiger charge is 2.29. The van der Waals surface area contributed by atoms with Gasteiger partial charge >= 0.3 is 12.1 Å². The number of rotatable bonds is 2. The average molecular weight is 212 g/mol. The highest BCUT2D eigenvalue weighted by atomic mass is 16.5. The van der Waals surface area contributed by atoms with E-state index >= 15 is 0 Å². The third-order valence-electron chi connectivity index (χ3n) is 2.30. The van der Waals surface area contributed by atoms with Crippen molar-refractivity contribution in [2.45, 2.75) is 12.8 Å². The Hall–Kier alpha value is -1.77. The van der Waals surface area contributed by atoms with Gasteiger partial charge in [-0.2, -0.15) is 5.26 Å². The summed E-state index contributed by atoms with van der Waals surface area (Å²) in [4.78, 5) is 23.2. The van der Waals surface area contributed by atoms with Crippen LogP contribution in [-0.4, -0.2) is 41.8 Å². The first-order valence-electron chi connectivity index (χ1n) is 4.66. The predicted molar refractivity (Wildman–Crippen MR) is 48.9 cm³/mol. The average Bonchev–Trinajstić information content (AvgIpc) is 2.26. The third-order valence-corrected chi connectivity index (χ3v) is 2.30. The SMILES string of the molecule is N#CCOC(=O)C1CCCN(C(=O)O)C1. The second-order valence-corrected chi connectivity index (χ2v) is 3.33. The molecule has 0 aromatic heterocycles. The topological polar surface area (TPSA) is 90.6 Å². The van der Waals surface area contributed by atoms with Crippen LogP contribution in [0.5, 0.6) is 0 Å². The molecular formula is C9H12N2O4. The van der Waals surface area contributed by atoms with Crippen LogP contribution < -0.4 is 0 Å². The summed E-state index contributed by atoms with van der Waals surface area (Å²) in [6.45, 7) is 0.347. The summed E-state index contributed by atoms with van der Waals surface area (Å²) in [6.07, 6.45) is 0.250. The van der Waals surface area contributed by atoms with Gasteiger partial charge in [0.1, 0.15) is 6.07 Å². The number of hydrogen-bond donors (Lipinski definition) is 1. The maximum Gasteiger partial charge on any atom is 0.407 e. The molecule has 0 aromatic rings. The minimum absolute atomic E-state index is 0.166. The minimum Gasteiger partial charge on any atom is -0.465 e. The van der Waals surface area contributed by atoms with Gasteiger partial charge in [-0.3, -0.25) is 4.79 Å². The van der Waals surface area contributed by atoms with Crippen LogP contribution in [-0.2, 0) is 9.53 Å². The Kier molecular flexibility index (Phi) is 3.92. The van der Waals surface area contributed by atoms with E-state index in [9.17, 15) is 9.59 Å². The van der Waals surface area contributed by atoms with Gasteiger partial charge in [0.15, 0.2) is 6.61 Å². The lowest BCUT2D eigenvalue weighted by Gasteiger charge is -2.28. The molecule has 0 aromatic carbocycles. The largest absolute Gasteiger partial charge is 0.465 e. The summed E-state index contributed by atoms with van der Waals surface area (Å²) in [5.74, 6) is -0.911. The van der Waals surface area contributed by atoms with Crippen molar-refractivity contribution < 1.29 is 19.4 Å². The molecular weight excluding hydrogens is 200 g/mol. The molecule has 1 unspecified atom stereocenters.